The van der Waals surface area contributed by atoms with E-state index >= 15 is 0 Å². The van der Waals surface area contributed by atoms with E-state index in [9.17, 15) is 10.1 Å². The first-order valence-corrected chi connectivity index (χ1v) is 6.31. The van der Waals surface area contributed by atoms with Gasteiger partial charge < -0.3 is 4.74 Å². The van der Waals surface area contributed by atoms with E-state index in [2.05, 4.69) is 0 Å². The van der Waals surface area contributed by atoms with Gasteiger partial charge in [-0.25, -0.2) is 0 Å². The van der Waals surface area contributed by atoms with Crippen LogP contribution in [0.1, 0.15) is 11.1 Å². The summed E-state index contributed by atoms with van der Waals surface area (Å²) >= 11 is 6.03. The van der Waals surface area contributed by atoms with Gasteiger partial charge in [-0.2, -0.15) is 0 Å². The summed E-state index contributed by atoms with van der Waals surface area (Å²) in [6.45, 7) is 0.379. The van der Waals surface area contributed by atoms with Gasteiger partial charge in [-0.15, -0.1) is 0 Å². The lowest BCUT2D eigenvalue weighted by molar-refractivity contribution is -0.400. The molecule has 0 aromatic heterocycles. The van der Waals surface area contributed by atoms with Crippen LogP contribution in [0.4, 0.5) is 0 Å². The third-order valence-electron chi connectivity index (χ3n) is 2.62. The lowest BCUT2D eigenvalue weighted by atomic mass is 10.2. The lowest BCUT2D eigenvalue weighted by Gasteiger charge is -2.07. The molecule has 0 saturated heterocycles. The molecule has 0 aliphatic carbocycles. The molecule has 5 heteroatoms. The van der Waals surface area contributed by atoms with Gasteiger partial charge in [0, 0.05) is 16.7 Å². The smallest absolute Gasteiger partial charge is 0.235 e. The fourth-order valence-corrected chi connectivity index (χ4v) is 1.79. The maximum Gasteiger partial charge on any atom is 0.235 e. The molecular formula is C15H12ClNO3. The Hall–Kier alpha value is -2.33. The van der Waals surface area contributed by atoms with E-state index in [1.165, 1.54) is 6.08 Å². The van der Waals surface area contributed by atoms with E-state index in [-0.39, 0.29) is 0 Å². The molecule has 0 N–H and O–H groups in total. The Bertz CT molecular complexity index is 623. The summed E-state index contributed by atoms with van der Waals surface area (Å²) < 4.78 is 5.61. The summed E-state index contributed by atoms with van der Waals surface area (Å²) in [6, 6.07) is 14.5. The maximum absolute atomic E-state index is 10.2. The van der Waals surface area contributed by atoms with Gasteiger partial charge in [-0.3, -0.25) is 10.1 Å². The zero-order chi connectivity index (χ0) is 14.4. The molecule has 0 amide bonds. The molecular weight excluding hydrogens is 278 g/mol. The van der Waals surface area contributed by atoms with Crippen molar-refractivity contribution in [2.75, 3.05) is 0 Å². The number of benzene rings is 2. The Morgan fingerprint density at radius 3 is 2.50 bits per heavy atom. The predicted octanol–water partition coefficient (Wildman–Crippen LogP) is 4.17. The molecule has 102 valence electrons. The summed E-state index contributed by atoms with van der Waals surface area (Å²) in [6.07, 6.45) is 2.33. The third-order valence-corrected chi connectivity index (χ3v) is 2.99. The van der Waals surface area contributed by atoms with E-state index < -0.39 is 4.92 Å². The molecule has 0 aliphatic rings. The van der Waals surface area contributed by atoms with Gasteiger partial charge >= 0.3 is 0 Å². The van der Waals surface area contributed by atoms with Crippen molar-refractivity contribution in [2.45, 2.75) is 6.61 Å². The van der Waals surface area contributed by atoms with Crippen molar-refractivity contribution in [2.24, 2.45) is 0 Å². The third kappa shape index (κ3) is 4.10. The minimum Gasteiger partial charge on any atom is -0.489 e. The highest BCUT2D eigenvalue weighted by atomic mass is 35.5. The molecule has 0 aliphatic heterocycles. The van der Waals surface area contributed by atoms with Crippen LogP contribution in [0, 0.1) is 10.1 Å². The van der Waals surface area contributed by atoms with E-state index in [4.69, 9.17) is 16.3 Å². The van der Waals surface area contributed by atoms with Crippen molar-refractivity contribution in [1.29, 1.82) is 0 Å². The van der Waals surface area contributed by atoms with Crippen LogP contribution in [0.25, 0.3) is 6.08 Å². The van der Waals surface area contributed by atoms with E-state index in [0.29, 0.717) is 17.4 Å². The van der Waals surface area contributed by atoms with Crippen LogP contribution >= 0.6 is 11.6 Å². The van der Waals surface area contributed by atoms with Crippen molar-refractivity contribution < 1.29 is 9.66 Å². The Balaban J connectivity index is 1.97. The largest absolute Gasteiger partial charge is 0.489 e. The molecule has 0 bridgehead atoms. The van der Waals surface area contributed by atoms with E-state index in [1.807, 2.05) is 24.3 Å². The molecule has 20 heavy (non-hydrogen) atoms. The van der Waals surface area contributed by atoms with Gasteiger partial charge in [-0.1, -0.05) is 41.9 Å². The maximum atomic E-state index is 10.2. The van der Waals surface area contributed by atoms with Gasteiger partial charge in [0.2, 0.25) is 6.20 Å². The van der Waals surface area contributed by atoms with Crippen LogP contribution in [-0.2, 0) is 6.61 Å². The first kappa shape index (κ1) is 14.1. The molecule has 0 spiro atoms. The Morgan fingerprint density at radius 1 is 1.15 bits per heavy atom. The Morgan fingerprint density at radius 2 is 1.85 bits per heavy atom. The Kier molecular flexibility index (Phi) is 4.74. The number of halogens is 1. The average molecular weight is 290 g/mol. The number of rotatable bonds is 5. The average Bonchev–Trinajstić information content (AvgIpc) is 2.45. The molecule has 0 fully saturated rings. The highest BCUT2D eigenvalue weighted by Crippen LogP contribution is 2.19. The quantitative estimate of drug-likeness (QED) is 0.613. The first-order chi connectivity index (χ1) is 9.65. The predicted molar refractivity (Wildman–Crippen MR) is 78.3 cm³/mol. The minimum atomic E-state index is -0.498. The topological polar surface area (TPSA) is 52.4 Å². The second kappa shape index (κ2) is 6.73. The van der Waals surface area contributed by atoms with Crippen molar-refractivity contribution in [1.82, 2.24) is 0 Å². The highest BCUT2D eigenvalue weighted by Gasteiger charge is 2.00. The molecule has 0 saturated carbocycles. The van der Waals surface area contributed by atoms with E-state index in [0.717, 1.165) is 17.3 Å². The van der Waals surface area contributed by atoms with Crippen molar-refractivity contribution >= 4 is 17.7 Å². The van der Waals surface area contributed by atoms with Crippen molar-refractivity contribution in [3.05, 3.63) is 81.0 Å². The van der Waals surface area contributed by atoms with Gasteiger partial charge in [0.25, 0.3) is 0 Å². The second-order valence-electron chi connectivity index (χ2n) is 4.05. The molecule has 0 unspecified atom stereocenters. The molecule has 2 rings (SSSR count). The van der Waals surface area contributed by atoms with Gasteiger partial charge in [-0.05, 0) is 23.8 Å². The Labute approximate surface area is 121 Å². The normalized spacial score (nSPS) is 10.7. The lowest BCUT2D eigenvalue weighted by Crippen LogP contribution is -1.95. The van der Waals surface area contributed by atoms with E-state index in [1.54, 1.807) is 24.3 Å². The number of nitrogens with zero attached hydrogens (tertiary/aromatic N) is 1. The summed E-state index contributed by atoms with van der Waals surface area (Å²) in [5, 5.41) is 10.9. The van der Waals surface area contributed by atoms with Gasteiger partial charge in [0.1, 0.15) is 12.4 Å². The second-order valence-corrected chi connectivity index (χ2v) is 4.46. The molecule has 2 aromatic carbocycles. The standard InChI is InChI=1S/C15H12ClNO3/c16-15-4-2-1-3-13(15)11-20-14-7-5-12(6-8-14)9-10-17(18)19/h1-10H,11H2. The number of ether oxygens (including phenoxy) is 1. The SMILES string of the molecule is O=[N+]([O-])C=Cc1ccc(OCc2ccccc2Cl)cc1. The van der Waals surface area contributed by atoms with Crippen LogP contribution in [0.15, 0.2) is 54.7 Å². The van der Waals surface area contributed by atoms with Gasteiger partial charge in [0.05, 0.1) is 4.92 Å². The van der Waals surface area contributed by atoms with Gasteiger partial charge in [0.15, 0.2) is 0 Å². The zero-order valence-corrected chi connectivity index (χ0v) is 11.3. The van der Waals surface area contributed by atoms with Crippen LogP contribution in [0.5, 0.6) is 5.75 Å². The molecule has 0 radical (unpaired) electrons. The summed E-state index contributed by atoms with van der Waals surface area (Å²) in [5.74, 6) is 0.683. The molecule has 0 atom stereocenters. The van der Waals surface area contributed by atoms with Crippen LogP contribution in [0.2, 0.25) is 5.02 Å². The van der Waals surface area contributed by atoms with Crippen molar-refractivity contribution in [3.8, 4) is 5.75 Å². The number of nitro groups is 1. The van der Waals surface area contributed by atoms with Crippen LogP contribution in [-0.4, -0.2) is 4.92 Å². The monoisotopic (exact) mass is 289 g/mol. The summed E-state index contributed by atoms with van der Waals surface area (Å²) in [7, 11) is 0. The number of hydrogen-bond acceptors (Lipinski definition) is 3. The zero-order valence-electron chi connectivity index (χ0n) is 10.5. The summed E-state index contributed by atoms with van der Waals surface area (Å²) in [4.78, 5) is 9.71. The molecule has 2 aromatic rings. The molecule has 4 nitrogen and oxygen atoms in total. The molecule has 0 heterocycles. The van der Waals surface area contributed by atoms with Crippen molar-refractivity contribution in [3.63, 3.8) is 0 Å². The highest BCUT2D eigenvalue weighted by molar-refractivity contribution is 6.31. The van der Waals surface area contributed by atoms with Crippen LogP contribution in [0.3, 0.4) is 0 Å². The summed E-state index contributed by atoms with van der Waals surface area (Å²) in [5.41, 5.74) is 1.65. The first-order valence-electron chi connectivity index (χ1n) is 5.93. The fourth-order valence-electron chi connectivity index (χ4n) is 1.60. The fraction of sp³-hybridized carbons (Fsp3) is 0.0667. The minimum absolute atomic E-state index is 0.379. The number of hydrogen-bond donors (Lipinski definition) is 0. The van der Waals surface area contributed by atoms with Crippen LogP contribution < -0.4 is 4.74 Å².